The molecular weight excluding hydrogens is 464 g/mol. The number of carboxylic acids is 4. The Kier molecular flexibility index (Phi) is 14.4. The highest BCUT2D eigenvalue weighted by Crippen LogP contribution is 2.05. The number of hydrogen-bond acceptors (Lipinski definition) is 8. The number of benzene rings is 1. The minimum atomic E-state index is -1.23. The normalized spacial score (nSPS) is 10.2. The number of aliphatic carboxylic acids is 4. The summed E-state index contributed by atoms with van der Waals surface area (Å²) in [5, 5.41) is 34.3. The number of carboxylic acid groups (broad SMARTS) is 4. The van der Waals surface area contributed by atoms with Gasteiger partial charge in [-0.25, -0.2) is 0 Å². The Hall–Kier alpha value is -2.87. The van der Waals surface area contributed by atoms with E-state index in [1.165, 1.54) is 0 Å². The molecule has 1 aromatic rings. The molecule has 4 N–H and O–H groups in total. The molecule has 0 aliphatic carbocycles. The van der Waals surface area contributed by atoms with Gasteiger partial charge in [0.2, 0.25) is 0 Å². The summed E-state index contributed by atoms with van der Waals surface area (Å²) in [6.45, 7) is -2.25. The van der Waals surface area contributed by atoms with Crippen LogP contribution in [-0.4, -0.2) is 103 Å². The smallest absolute Gasteiger partial charge is 0.317 e. The molecule has 0 saturated carbocycles. The monoisotopic (exact) mass is 488 g/mol. The van der Waals surface area contributed by atoms with E-state index in [0.29, 0.717) is 4.86 Å². The molecule has 0 aliphatic rings. The van der Waals surface area contributed by atoms with Crippen molar-refractivity contribution in [2.24, 2.45) is 0 Å². The molecule has 0 fully saturated rings. The van der Waals surface area contributed by atoms with Gasteiger partial charge in [-0.05, 0) is 5.56 Å². The van der Waals surface area contributed by atoms with Gasteiger partial charge in [0.1, 0.15) is 0 Å². The van der Waals surface area contributed by atoms with Gasteiger partial charge < -0.3 is 20.4 Å². The van der Waals surface area contributed by atoms with Gasteiger partial charge in [0.15, 0.2) is 5.12 Å². The zero-order valence-corrected chi connectivity index (χ0v) is 18.6. The van der Waals surface area contributed by atoms with E-state index in [2.05, 4.69) is 12.6 Å². The van der Waals surface area contributed by atoms with Crippen LogP contribution in [0.15, 0.2) is 30.3 Å². The fraction of sp³-hybridized carbons (Fsp3) is 0.368. The Labute approximate surface area is 194 Å². The van der Waals surface area contributed by atoms with Crippen LogP contribution in [0.5, 0.6) is 0 Å². The van der Waals surface area contributed by atoms with Gasteiger partial charge in [-0.1, -0.05) is 42.5 Å². The molecule has 13 heteroatoms. The highest BCUT2D eigenvalue weighted by atomic mass is 32.1. The van der Waals surface area contributed by atoms with Crippen molar-refractivity contribution in [3.63, 3.8) is 0 Å². The number of rotatable bonds is 14. The molecule has 1 aromatic carbocycles. The van der Waals surface area contributed by atoms with Gasteiger partial charge >= 0.3 is 23.9 Å². The third-order valence-corrected chi connectivity index (χ3v) is 4.11. The van der Waals surface area contributed by atoms with Crippen molar-refractivity contribution in [3.05, 3.63) is 35.9 Å². The fourth-order valence-corrected chi connectivity index (χ4v) is 2.87. The van der Waals surface area contributed by atoms with Gasteiger partial charge in [-0.15, -0.1) is 12.6 Å². The number of nitrogens with zero attached hydrogens (tertiary/aromatic N) is 2. The van der Waals surface area contributed by atoms with Gasteiger partial charge in [0.05, 0.1) is 32.6 Å². The van der Waals surface area contributed by atoms with Crippen LogP contribution < -0.4 is 0 Å². The second-order valence-electron chi connectivity index (χ2n) is 6.36. The van der Waals surface area contributed by atoms with Crippen molar-refractivity contribution in [2.75, 3.05) is 39.3 Å². The number of thiol groups is 1. The molecule has 0 spiro atoms. The summed E-state index contributed by atoms with van der Waals surface area (Å²) in [5.41, 5.74) is 0.926. The predicted molar refractivity (Wildman–Crippen MR) is 120 cm³/mol. The summed E-state index contributed by atoms with van der Waals surface area (Å²) >= 11 is 8.69. The largest absolute Gasteiger partial charge is 0.480 e. The summed E-state index contributed by atoms with van der Waals surface area (Å²) in [7, 11) is 0. The molecule has 0 heterocycles. The lowest BCUT2D eigenvalue weighted by molar-refractivity contribution is -0.145. The average molecular weight is 489 g/mol. The quantitative estimate of drug-likeness (QED) is 0.137. The lowest BCUT2D eigenvalue weighted by Gasteiger charge is -2.23. The van der Waals surface area contributed by atoms with Crippen LogP contribution in [0.2, 0.25) is 0 Å². The van der Waals surface area contributed by atoms with Crippen LogP contribution in [-0.2, 0) is 24.0 Å². The molecule has 0 aliphatic heterocycles. The van der Waals surface area contributed by atoms with Crippen LogP contribution in [0.25, 0.3) is 0 Å². The van der Waals surface area contributed by atoms with Gasteiger partial charge in [0.25, 0.3) is 0 Å². The molecular formula is C19H24N2O9S2. The van der Waals surface area contributed by atoms with E-state index in [0.717, 1.165) is 15.4 Å². The Morgan fingerprint density at radius 3 is 1.34 bits per heavy atom. The number of carbonyl (C=O) groups is 5. The second-order valence-corrected chi connectivity index (χ2v) is 7.35. The van der Waals surface area contributed by atoms with E-state index in [1.54, 1.807) is 0 Å². The average Bonchev–Trinajstić information content (AvgIpc) is 2.65. The Bertz CT molecular complexity index is 750. The molecule has 0 amide bonds. The highest BCUT2D eigenvalue weighted by Gasteiger charge is 2.18. The SMILES string of the molecule is O=C(O)CN(CCN(CC(=O)O)CC(=O)O)CC(=O)O.O=C(S)CC(=S)c1ccccc1. The van der Waals surface area contributed by atoms with E-state index in [9.17, 15) is 24.0 Å². The van der Waals surface area contributed by atoms with Crippen LogP contribution in [0.4, 0.5) is 0 Å². The van der Waals surface area contributed by atoms with E-state index in [-0.39, 0.29) is 24.6 Å². The molecule has 0 radical (unpaired) electrons. The van der Waals surface area contributed by atoms with Crippen molar-refractivity contribution >= 4 is 58.7 Å². The van der Waals surface area contributed by atoms with E-state index in [4.69, 9.17) is 32.6 Å². The zero-order chi connectivity index (χ0) is 24.7. The van der Waals surface area contributed by atoms with E-state index >= 15 is 0 Å². The van der Waals surface area contributed by atoms with Crippen molar-refractivity contribution < 1.29 is 44.4 Å². The summed E-state index contributed by atoms with van der Waals surface area (Å²) in [6, 6.07) is 9.47. The van der Waals surface area contributed by atoms with Gasteiger partial charge in [0, 0.05) is 18.0 Å². The standard InChI is InChI=1S/C10H16N2O8.C9H8OS2/c13-7(14)3-11(4-8(15)16)1-2-12(5-9(17)18)6-10(19)20;10-9(12)6-8(11)7-4-2-1-3-5-7/h1-6H2,(H,13,14)(H,15,16)(H,17,18)(H,19,20);1-5H,6H2,(H,10,12). The van der Waals surface area contributed by atoms with Crippen LogP contribution in [0, 0.1) is 0 Å². The summed E-state index contributed by atoms with van der Waals surface area (Å²) in [5.74, 6) is -4.91. The number of carbonyl (C=O) groups excluding carboxylic acids is 1. The van der Waals surface area contributed by atoms with Gasteiger partial charge in [-0.2, -0.15) is 0 Å². The molecule has 0 bridgehead atoms. The maximum absolute atomic E-state index is 10.6. The lowest BCUT2D eigenvalue weighted by atomic mass is 10.1. The molecule has 0 unspecified atom stereocenters. The maximum atomic E-state index is 10.6. The first-order valence-electron chi connectivity index (χ1n) is 9.02. The van der Waals surface area contributed by atoms with Crippen LogP contribution in [0.3, 0.4) is 0 Å². The van der Waals surface area contributed by atoms with Gasteiger partial charge in [-0.3, -0.25) is 33.8 Å². The number of hydrogen-bond donors (Lipinski definition) is 5. The Morgan fingerprint density at radius 2 is 1.06 bits per heavy atom. The third-order valence-electron chi connectivity index (χ3n) is 3.58. The first-order chi connectivity index (χ1) is 14.9. The minimum absolute atomic E-state index is 0.0703. The maximum Gasteiger partial charge on any atom is 0.317 e. The van der Waals surface area contributed by atoms with Crippen LogP contribution in [0.1, 0.15) is 12.0 Å². The van der Waals surface area contributed by atoms with Crippen molar-refractivity contribution in [3.8, 4) is 0 Å². The summed E-state index contributed by atoms with van der Waals surface area (Å²) < 4.78 is 0. The first-order valence-corrected chi connectivity index (χ1v) is 9.88. The van der Waals surface area contributed by atoms with Crippen molar-refractivity contribution in [2.45, 2.75) is 6.42 Å². The Morgan fingerprint density at radius 1 is 0.719 bits per heavy atom. The van der Waals surface area contributed by atoms with Crippen molar-refractivity contribution in [1.82, 2.24) is 9.80 Å². The molecule has 176 valence electrons. The zero-order valence-electron chi connectivity index (χ0n) is 16.9. The van der Waals surface area contributed by atoms with Crippen LogP contribution >= 0.6 is 24.8 Å². The second kappa shape index (κ2) is 15.9. The summed E-state index contributed by atoms with van der Waals surface area (Å²) in [4.78, 5) is 55.6. The topological polar surface area (TPSA) is 173 Å². The summed E-state index contributed by atoms with van der Waals surface area (Å²) in [6.07, 6.45) is 0.239. The lowest BCUT2D eigenvalue weighted by Crippen LogP contribution is -2.43. The molecule has 0 saturated heterocycles. The molecule has 1 rings (SSSR count). The van der Waals surface area contributed by atoms with E-state index in [1.807, 2.05) is 30.3 Å². The molecule has 0 atom stereocenters. The molecule has 0 aromatic heterocycles. The number of thiocarbonyl (C=S) groups is 1. The minimum Gasteiger partial charge on any atom is -0.480 e. The third kappa shape index (κ3) is 15.9. The van der Waals surface area contributed by atoms with Crippen molar-refractivity contribution in [1.29, 1.82) is 0 Å². The highest BCUT2D eigenvalue weighted by molar-refractivity contribution is 7.96. The first kappa shape index (κ1) is 29.1. The molecule has 11 nitrogen and oxygen atoms in total. The van der Waals surface area contributed by atoms with E-state index < -0.39 is 50.1 Å². The Balaban J connectivity index is 0.000000677. The fourth-order valence-electron chi connectivity index (χ4n) is 2.34. The molecule has 32 heavy (non-hydrogen) atoms. The predicted octanol–water partition coefficient (Wildman–Crippen LogP) is 0.180.